The summed E-state index contributed by atoms with van der Waals surface area (Å²) in [7, 11) is 0. The van der Waals surface area contributed by atoms with Gasteiger partial charge in [0.05, 0.1) is 5.69 Å². The Bertz CT molecular complexity index is 673. The highest BCUT2D eigenvalue weighted by Crippen LogP contribution is 2.14. The van der Waals surface area contributed by atoms with Crippen LogP contribution in [-0.2, 0) is 6.42 Å². The van der Waals surface area contributed by atoms with Crippen molar-refractivity contribution in [2.45, 2.75) is 19.3 Å². The van der Waals surface area contributed by atoms with Gasteiger partial charge in [-0.3, -0.25) is 0 Å². The first kappa shape index (κ1) is 12.8. The highest BCUT2D eigenvalue weighted by atomic mass is 16.2. The molecule has 1 N–H and O–H groups in total. The van der Waals surface area contributed by atoms with Crippen molar-refractivity contribution in [1.29, 1.82) is 0 Å². The zero-order valence-corrected chi connectivity index (χ0v) is 11.2. The fourth-order valence-electron chi connectivity index (χ4n) is 2.25. The van der Waals surface area contributed by atoms with Crippen LogP contribution in [0.3, 0.4) is 0 Å². The molecular weight excluding hydrogens is 250 g/mol. The summed E-state index contributed by atoms with van der Waals surface area (Å²) in [5.41, 5.74) is 4.02. The van der Waals surface area contributed by atoms with Gasteiger partial charge in [-0.1, -0.05) is 24.3 Å². The van der Waals surface area contributed by atoms with Crippen LogP contribution >= 0.6 is 0 Å². The first-order chi connectivity index (χ1) is 9.86. The molecule has 0 unspecified atom stereocenters. The molecular formula is C16H17N3O. The number of hydrogen-bond donors (Lipinski definition) is 1. The molecule has 0 aliphatic carbocycles. The van der Waals surface area contributed by atoms with Gasteiger partial charge in [0.25, 0.3) is 0 Å². The molecule has 0 atom stereocenters. The van der Waals surface area contributed by atoms with Crippen LogP contribution in [0.4, 0.5) is 0 Å². The lowest BCUT2D eigenvalue weighted by atomic mass is 10.1. The predicted octanol–water partition coefficient (Wildman–Crippen LogP) is 2.74. The molecule has 20 heavy (non-hydrogen) atoms. The molecule has 2 aromatic carbocycles. The molecule has 102 valence electrons. The van der Waals surface area contributed by atoms with E-state index in [0.29, 0.717) is 0 Å². The Kier molecular flexibility index (Phi) is 3.74. The minimum Gasteiger partial charge on any atom is -0.396 e. The van der Waals surface area contributed by atoms with Crippen molar-refractivity contribution in [3.05, 3.63) is 54.1 Å². The van der Waals surface area contributed by atoms with Crippen LogP contribution in [0.5, 0.6) is 0 Å². The summed E-state index contributed by atoms with van der Waals surface area (Å²) in [6, 6.07) is 16.1. The van der Waals surface area contributed by atoms with Gasteiger partial charge in [-0.25, -0.2) is 0 Å². The third kappa shape index (κ3) is 2.70. The third-order valence-corrected chi connectivity index (χ3v) is 3.30. The van der Waals surface area contributed by atoms with Gasteiger partial charge in [0.15, 0.2) is 0 Å². The van der Waals surface area contributed by atoms with Crippen LogP contribution < -0.4 is 0 Å². The molecule has 0 saturated carbocycles. The quantitative estimate of drug-likeness (QED) is 0.723. The van der Waals surface area contributed by atoms with E-state index < -0.39 is 0 Å². The molecule has 0 radical (unpaired) electrons. The molecule has 0 bridgehead atoms. The van der Waals surface area contributed by atoms with Crippen molar-refractivity contribution in [2.24, 2.45) is 0 Å². The van der Waals surface area contributed by atoms with Crippen molar-refractivity contribution >= 4 is 11.0 Å². The molecule has 4 heteroatoms. The van der Waals surface area contributed by atoms with E-state index in [0.717, 1.165) is 36.0 Å². The van der Waals surface area contributed by atoms with Crippen LogP contribution in [0.15, 0.2) is 48.5 Å². The molecule has 0 aliphatic heterocycles. The van der Waals surface area contributed by atoms with E-state index in [-0.39, 0.29) is 6.61 Å². The zero-order valence-electron chi connectivity index (χ0n) is 11.2. The van der Waals surface area contributed by atoms with Gasteiger partial charge < -0.3 is 5.11 Å². The number of benzene rings is 2. The van der Waals surface area contributed by atoms with E-state index in [1.807, 2.05) is 36.4 Å². The number of nitrogens with zero attached hydrogens (tertiary/aromatic N) is 3. The molecule has 0 fully saturated rings. The van der Waals surface area contributed by atoms with Crippen LogP contribution in [-0.4, -0.2) is 26.7 Å². The fourth-order valence-corrected chi connectivity index (χ4v) is 2.25. The second kappa shape index (κ2) is 5.84. The maximum absolute atomic E-state index is 8.83. The van der Waals surface area contributed by atoms with Crippen molar-refractivity contribution < 1.29 is 5.11 Å². The van der Waals surface area contributed by atoms with Gasteiger partial charge in [0.2, 0.25) is 0 Å². The first-order valence-electron chi connectivity index (χ1n) is 6.89. The Hall–Kier alpha value is -2.20. The average Bonchev–Trinajstić information content (AvgIpc) is 2.92. The van der Waals surface area contributed by atoms with Crippen LogP contribution in [0.25, 0.3) is 16.7 Å². The van der Waals surface area contributed by atoms with Gasteiger partial charge in [0.1, 0.15) is 11.0 Å². The third-order valence-electron chi connectivity index (χ3n) is 3.30. The summed E-state index contributed by atoms with van der Waals surface area (Å²) in [6.07, 6.45) is 2.80. The number of unbranched alkanes of at least 4 members (excludes halogenated alkanes) is 1. The minimum atomic E-state index is 0.256. The number of rotatable bonds is 5. The molecule has 3 rings (SSSR count). The van der Waals surface area contributed by atoms with Crippen LogP contribution in [0.2, 0.25) is 0 Å². The Morgan fingerprint density at radius 1 is 0.900 bits per heavy atom. The average molecular weight is 267 g/mol. The van der Waals surface area contributed by atoms with Crippen LogP contribution in [0.1, 0.15) is 18.4 Å². The first-order valence-corrected chi connectivity index (χ1v) is 6.89. The number of aryl methyl sites for hydroxylation is 1. The number of aliphatic hydroxyl groups is 1. The van der Waals surface area contributed by atoms with Gasteiger partial charge in [-0.05, 0) is 49.1 Å². The Labute approximate surface area is 117 Å². The van der Waals surface area contributed by atoms with E-state index in [2.05, 4.69) is 22.3 Å². The SMILES string of the molecule is OCCCCc1cccc(-n2nc3ccccc3n2)c1. The van der Waals surface area contributed by atoms with Crippen molar-refractivity contribution in [3.63, 3.8) is 0 Å². The van der Waals surface area contributed by atoms with Gasteiger partial charge in [-0.15, -0.1) is 10.2 Å². The fraction of sp³-hybridized carbons (Fsp3) is 0.250. The van der Waals surface area contributed by atoms with Crippen molar-refractivity contribution in [2.75, 3.05) is 6.61 Å². The molecule has 1 heterocycles. The van der Waals surface area contributed by atoms with Gasteiger partial charge in [-0.2, -0.15) is 4.80 Å². The number of hydrogen-bond acceptors (Lipinski definition) is 3. The van der Waals surface area contributed by atoms with E-state index in [9.17, 15) is 0 Å². The molecule has 0 spiro atoms. The Balaban J connectivity index is 1.87. The molecule has 4 nitrogen and oxygen atoms in total. The summed E-state index contributed by atoms with van der Waals surface area (Å²) in [5, 5.41) is 17.8. The van der Waals surface area contributed by atoms with E-state index in [1.54, 1.807) is 4.80 Å². The normalized spacial score (nSPS) is 11.1. The largest absolute Gasteiger partial charge is 0.396 e. The van der Waals surface area contributed by atoms with Crippen molar-refractivity contribution in [3.8, 4) is 5.69 Å². The lowest BCUT2D eigenvalue weighted by Crippen LogP contribution is -1.99. The maximum Gasteiger partial charge on any atom is 0.113 e. The summed E-state index contributed by atoms with van der Waals surface area (Å²) in [6.45, 7) is 0.256. The van der Waals surface area contributed by atoms with E-state index in [1.165, 1.54) is 5.56 Å². The monoisotopic (exact) mass is 267 g/mol. The Morgan fingerprint density at radius 3 is 2.35 bits per heavy atom. The smallest absolute Gasteiger partial charge is 0.113 e. The van der Waals surface area contributed by atoms with Crippen molar-refractivity contribution in [1.82, 2.24) is 15.0 Å². The topological polar surface area (TPSA) is 50.9 Å². The summed E-state index contributed by atoms with van der Waals surface area (Å²) in [4.78, 5) is 1.68. The molecule has 3 aromatic rings. The second-order valence-electron chi connectivity index (χ2n) is 4.83. The number of aromatic nitrogens is 3. The summed E-state index contributed by atoms with van der Waals surface area (Å²) in [5.74, 6) is 0. The highest BCUT2D eigenvalue weighted by Gasteiger charge is 2.04. The standard InChI is InChI=1S/C16H17N3O/c20-11-4-3-6-13-7-5-8-14(12-13)19-17-15-9-1-2-10-16(15)18-19/h1-2,5,7-10,12,20H,3-4,6,11H2. The predicted molar refractivity (Wildman–Crippen MR) is 78.9 cm³/mol. The minimum absolute atomic E-state index is 0.256. The summed E-state index contributed by atoms with van der Waals surface area (Å²) >= 11 is 0. The van der Waals surface area contributed by atoms with Crippen LogP contribution in [0, 0.1) is 0 Å². The highest BCUT2D eigenvalue weighted by molar-refractivity contribution is 5.73. The number of aliphatic hydroxyl groups excluding tert-OH is 1. The number of fused-ring (bicyclic) bond motifs is 1. The molecule has 0 aliphatic rings. The van der Waals surface area contributed by atoms with E-state index in [4.69, 9.17) is 5.11 Å². The van der Waals surface area contributed by atoms with Gasteiger partial charge >= 0.3 is 0 Å². The maximum atomic E-state index is 8.83. The molecule has 0 saturated heterocycles. The lowest BCUT2D eigenvalue weighted by Gasteiger charge is -2.04. The zero-order chi connectivity index (χ0) is 13.8. The van der Waals surface area contributed by atoms with E-state index >= 15 is 0 Å². The molecule has 0 amide bonds. The lowest BCUT2D eigenvalue weighted by molar-refractivity contribution is 0.284. The second-order valence-corrected chi connectivity index (χ2v) is 4.83. The Morgan fingerprint density at radius 2 is 1.65 bits per heavy atom. The summed E-state index contributed by atoms with van der Waals surface area (Å²) < 4.78 is 0. The molecule has 1 aromatic heterocycles. The van der Waals surface area contributed by atoms with Gasteiger partial charge in [0, 0.05) is 6.61 Å².